The Morgan fingerprint density at radius 3 is 2.38 bits per heavy atom. The third-order valence-corrected chi connectivity index (χ3v) is 4.54. The molecule has 16 heavy (non-hydrogen) atoms. The highest BCUT2D eigenvalue weighted by molar-refractivity contribution is 14.1. The van der Waals surface area contributed by atoms with Crippen LogP contribution in [0.4, 0.5) is 0 Å². The minimum atomic E-state index is 0.00540. The average Bonchev–Trinajstić information content (AvgIpc) is 2.77. The van der Waals surface area contributed by atoms with Gasteiger partial charge < -0.3 is 5.11 Å². The van der Waals surface area contributed by atoms with E-state index in [1.165, 1.54) is 11.3 Å². The Bertz CT molecular complexity index is 512. The van der Waals surface area contributed by atoms with Crippen LogP contribution in [0.2, 0.25) is 0 Å². The van der Waals surface area contributed by atoms with Crippen LogP contribution in [0.25, 0.3) is 0 Å². The number of carbonyl (C=O) groups excluding carboxylic acids is 1. The van der Waals surface area contributed by atoms with E-state index in [1.54, 1.807) is 18.2 Å². The van der Waals surface area contributed by atoms with Crippen molar-refractivity contribution in [1.29, 1.82) is 0 Å². The topological polar surface area (TPSA) is 37.3 Å². The predicted molar refractivity (Wildman–Crippen MR) is 81.3 cm³/mol. The molecule has 5 heteroatoms. The van der Waals surface area contributed by atoms with E-state index in [0.717, 1.165) is 4.88 Å². The van der Waals surface area contributed by atoms with Crippen LogP contribution in [0.3, 0.4) is 0 Å². The van der Waals surface area contributed by atoms with Crippen LogP contribution in [0.1, 0.15) is 15.2 Å². The first-order valence-electron chi connectivity index (χ1n) is 4.36. The molecule has 2 rings (SSSR count). The predicted octanol–water partition coefficient (Wildman–Crippen LogP) is 3.89. The zero-order valence-corrected chi connectivity index (χ0v) is 13.0. The van der Waals surface area contributed by atoms with Gasteiger partial charge in [0.15, 0.2) is 0 Å². The second kappa shape index (κ2) is 5.01. The highest BCUT2D eigenvalue weighted by Gasteiger charge is 2.14. The number of phenolic OH excluding ortho intramolecular Hbond substituents is 1. The van der Waals surface area contributed by atoms with Gasteiger partial charge in [0.2, 0.25) is 5.78 Å². The monoisotopic (exact) mass is 456 g/mol. The van der Waals surface area contributed by atoms with Crippen LogP contribution in [0, 0.1) is 7.14 Å². The summed E-state index contributed by atoms with van der Waals surface area (Å²) in [5, 5.41) is 11.5. The lowest BCUT2D eigenvalue weighted by atomic mass is 10.1. The maximum absolute atomic E-state index is 12.0. The molecule has 1 N–H and O–H groups in total. The summed E-state index contributed by atoms with van der Waals surface area (Å²) >= 11 is 5.47. The molecular weight excluding hydrogens is 450 g/mol. The van der Waals surface area contributed by atoms with E-state index in [4.69, 9.17) is 0 Å². The molecule has 2 nitrogen and oxygen atoms in total. The third-order valence-electron chi connectivity index (χ3n) is 2.02. The lowest BCUT2D eigenvalue weighted by Crippen LogP contribution is -2.00. The van der Waals surface area contributed by atoms with Crippen LogP contribution in [-0.2, 0) is 0 Å². The summed E-state index contributed by atoms with van der Waals surface area (Å²) < 4.78 is 1.40. The van der Waals surface area contributed by atoms with Gasteiger partial charge in [0.25, 0.3) is 0 Å². The molecule has 0 spiro atoms. The van der Waals surface area contributed by atoms with Crippen LogP contribution in [0.15, 0.2) is 29.6 Å². The summed E-state index contributed by atoms with van der Waals surface area (Å²) in [6.45, 7) is 0. The molecule has 1 aromatic heterocycles. The van der Waals surface area contributed by atoms with Gasteiger partial charge in [-0.25, -0.2) is 0 Å². The van der Waals surface area contributed by atoms with Crippen molar-refractivity contribution in [3.8, 4) is 5.75 Å². The van der Waals surface area contributed by atoms with E-state index >= 15 is 0 Å². The normalized spacial score (nSPS) is 10.4. The van der Waals surface area contributed by atoms with Gasteiger partial charge in [0.1, 0.15) is 5.75 Å². The minimum absolute atomic E-state index is 0.00540. The Labute approximate surface area is 124 Å². The van der Waals surface area contributed by atoms with Gasteiger partial charge in [-0.1, -0.05) is 6.07 Å². The first-order chi connectivity index (χ1) is 7.59. The molecule has 0 amide bonds. The van der Waals surface area contributed by atoms with Crippen molar-refractivity contribution >= 4 is 62.3 Å². The number of thiophene rings is 1. The smallest absolute Gasteiger partial charge is 0.203 e. The van der Waals surface area contributed by atoms with Crippen LogP contribution in [0.5, 0.6) is 5.75 Å². The molecule has 82 valence electrons. The molecule has 0 aliphatic rings. The second-order valence-electron chi connectivity index (χ2n) is 3.09. The number of phenols is 1. The number of carbonyl (C=O) groups is 1. The average molecular weight is 456 g/mol. The number of aromatic hydroxyl groups is 1. The highest BCUT2D eigenvalue weighted by Crippen LogP contribution is 2.28. The number of halogens is 2. The quantitative estimate of drug-likeness (QED) is 0.551. The molecule has 0 bridgehead atoms. The zero-order valence-electron chi connectivity index (χ0n) is 7.91. The van der Waals surface area contributed by atoms with Crippen molar-refractivity contribution in [1.82, 2.24) is 0 Å². The van der Waals surface area contributed by atoms with Gasteiger partial charge in [0.05, 0.1) is 12.0 Å². The lowest BCUT2D eigenvalue weighted by molar-refractivity contribution is 0.104. The standard InChI is InChI=1S/C11H6I2O2S/c12-7-4-6(5-8(13)11(7)15)10(14)9-2-1-3-16-9/h1-5,15H. The van der Waals surface area contributed by atoms with Crippen molar-refractivity contribution in [2.75, 3.05) is 0 Å². The summed E-state index contributed by atoms with van der Waals surface area (Å²) in [6.07, 6.45) is 0. The van der Waals surface area contributed by atoms with Crippen molar-refractivity contribution in [3.63, 3.8) is 0 Å². The lowest BCUT2D eigenvalue weighted by Gasteiger charge is -2.04. The Balaban J connectivity index is 2.46. The summed E-state index contributed by atoms with van der Waals surface area (Å²) in [5.74, 6) is 0.245. The molecule has 0 fully saturated rings. The Kier molecular flexibility index (Phi) is 3.85. The van der Waals surface area contributed by atoms with E-state index in [0.29, 0.717) is 12.7 Å². The van der Waals surface area contributed by atoms with E-state index in [1.807, 2.05) is 56.6 Å². The first kappa shape index (κ1) is 12.3. The van der Waals surface area contributed by atoms with Gasteiger partial charge in [-0.2, -0.15) is 0 Å². The molecule has 0 aliphatic carbocycles. The minimum Gasteiger partial charge on any atom is -0.506 e. The maximum Gasteiger partial charge on any atom is 0.203 e. The molecule has 0 atom stereocenters. The summed E-state index contributed by atoms with van der Waals surface area (Å²) in [4.78, 5) is 12.8. The van der Waals surface area contributed by atoms with Crippen molar-refractivity contribution in [2.24, 2.45) is 0 Å². The summed E-state index contributed by atoms with van der Waals surface area (Å²) in [5.41, 5.74) is 0.619. The molecule has 1 heterocycles. The van der Waals surface area contributed by atoms with E-state index in [9.17, 15) is 9.90 Å². The van der Waals surface area contributed by atoms with Gasteiger partial charge in [0, 0.05) is 5.56 Å². The summed E-state index contributed by atoms with van der Waals surface area (Å²) in [6, 6.07) is 7.08. The SMILES string of the molecule is O=C(c1cc(I)c(O)c(I)c1)c1cccs1. The first-order valence-corrected chi connectivity index (χ1v) is 7.39. The van der Waals surface area contributed by atoms with E-state index in [2.05, 4.69) is 0 Å². The van der Waals surface area contributed by atoms with Crippen LogP contribution < -0.4 is 0 Å². The molecular formula is C11H6I2O2S. The Morgan fingerprint density at radius 2 is 1.88 bits per heavy atom. The molecule has 0 aliphatic heterocycles. The van der Waals surface area contributed by atoms with Gasteiger partial charge in [-0.15, -0.1) is 11.3 Å². The van der Waals surface area contributed by atoms with E-state index < -0.39 is 0 Å². The van der Waals surface area contributed by atoms with Crippen molar-refractivity contribution in [3.05, 3.63) is 47.2 Å². The van der Waals surface area contributed by atoms with Crippen LogP contribution >= 0.6 is 56.5 Å². The fraction of sp³-hybridized carbons (Fsp3) is 0. The largest absolute Gasteiger partial charge is 0.506 e. The molecule has 0 saturated carbocycles. The zero-order chi connectivity index (χ0) is 11.7. The molecule has 1 aromatic carbocycles. The van der Waals surface area contributed by atoms with E-state index in [-0.39, 0.29) is 11.5 Å². The highest BCUT2D eigenvalue weighted by atomic mass is 127. The third kappa shape index (κ3) is 2.40. The number of hydrogen-bond acceptors (Lipinski definition) is 3. The summed E-state index contributed by atoms with van der Waals surface area (Å²) in [7, 11) is 0. The van der Waals surface area contributed by atoms with Crippen molar-refractivity contribution < 1.29 is 9.90 Å². The molecule has 0 saturated heterocycles. The molecule has 0 radical (unpaired) electrons. The van der Waals surface area contributed by atoms with Crippen molar-refractivity contribution in [2.45, 2.75) is 0 Å². The number of ketones is 1. The Hall–Kier alpha value is -0.150. The maximum atomic E-state index is 12.0. The fourth-order valence-electron chi connectivity index (χ4n) is 1.25. The molecule has 0 unspecified atom stereocenters. The van der Waals surface area contributed by atoms with Gasteiger partial charge in [-0.05, 0) is 68.8 Å². The van der Waals surface area contributed by atoms with Gasteiger partial charge >= 0.3 is 0 Å². The molecule has 2 aromatic rings. The number of rotatable bonds is 2. The second-order valence-corrected chi connectivity index (χ2v) is 6.37. The van der Waals surface area contributed by atoms with Gasteiger partial charge in [-0.3, -0.25) is 4.79 Å². The van der Waals surface area contributed by atoms with Crippen LogP contribution in [-0.4, -0.2) is 10.9 Å². The fourth-order valence-corrected chi connectivity index (χ4v) is 3.70. The Morgan fingerprint density at radius 1 is 1.25 bits per heavy atom. The number of hydrogen-bond donors (Lipinski definition) is 1. The number of benzene rings is 1.